The Labute approximate surface area is 147 Å². The van der Waals surface area contributed by atoms with Crippen molar-refractivity contribution in [3.8, 4) is 0 Å². The van der Waals surface area contributed by atoms with Crippen molar-refractivity contribution in [2.24, 2.45) is 10.7 Å². The number of nitrogens with two attached hydrogens (primary N) is 1. The fourth-order valence-electron chi connectivity index (χ4n) is 2.03. The van der Waals surface area contributed by atoms with Crippen molar-refractivity contribution in [3.63, 3.8) is 0 Å². The molecule has 120 valence electrons. The molecule has 0 saturated carbocycles. The Morgan fingerprint density at radius 1 is 1.52 bits per heavy atom. The van der Waals surface area contributed by atoms with Crippen LogP contribution in [0.1, 0.15) is 16.3 Å². The van der Waals surface area contributed by atoms with Gasteiger partial charge in [0.05, 0.1) is 19.8 Å². The molecule has 1 aliphatic heterocycles. The summed E-state index contributed by atoms with van der Waals surface area (Å²) in [5.41, 5.74) is 5.83. The third kappa shape index (κ3) is 7.39. The molecular weight excluding hydrogens is 401 g/mol. The summed E-state index contributed by atoms with van der Waals surface area (Å²) >= 11 is 1.66. The second-order valence-electron chi connectivity index (χ2n) is 4.80. The van der Waals surface area contributed by atoms with Crippen LogP contribution in [0.25, 0.3) is 0 Å². The van der Waals surface area contributed by atoms with Crippen LogP contribution in [-0.4, -0.2) is 55.2 Å². The molecule has 21 heavy (non-hydrogen) atoms. The number of ether oxygens (including phenoxy) is 1. The minimum Gasteiger partial charge on any atom is -0.379 e. The summed E-state index contributed by atoms with van der Waals surface area (Å²) in [5.74, 6) is 0.500. The average molecular weight is 425 g/mol. The number of hydrogen-bond donors (Lipinski definition) is 2. The highest BCUT2D eigenvalue weighted by atomic mass is 127. The third-order valence-electron chi connectivity index (χ3n) is 3.11. The smallest absolute Gasteiger partial charge is 0.189 e. The lowest BCUT2D eigenvalue weighted by Gasteiger charge is -2.26. The third-order valence-corrected chi connectivity index (χ3v) is 4.01. The monoisotopic (exact) mass is 425 g/mol. The Hall–Kier alpha value is -0.450. The SMILES string of the molecule is Cc1cnc(CN=C(N)NCCCN2CCOCC2)s1.I. The van der Waals surface area contributed by atoms with Gasteiger partial charge >= 0.3 is 0 Å². The van der Waals surface area contributed by atoms with Gasteiger partial charge in [0.2, 0.25) is 0 Å². The highest BCUT2D eigenvalue weighted by Gasteiger charge is 2.08. The summed E-state index contributed by atoms with van der Waals surface area (Å²) < 4.78 is 5.32. The van der Waals surface area contributed by atoms with Gasteiger partial charge in [-0.1, -0.05) is 0 Å². The first-order valence-corrected chi connectivity index (χ1v) is 7.81. The van der Waals surface area contributed by atoms with E-state index >= 15 is 0 Å². The van der Waals surface area contributed by atoms with Gasteiger partial charge in [0.1, 0.15) is 5.01 Å². The molecule has 0 aromatic carbocycles. The molecule has 1 aromatic heterocycles. The first-order chi connectivity index (χ1) is 9.74. The van der Waals surface area contributed by atoms with Crippen LogP contribution in [0.4, 0.5) is 0 Å². The number of guanidine groups is 1. The van der Waals surface area contributed by atoms with Crippen molar-refractivity contribution in [1.82, 2.24) is 15.2 Å². The maximum atomic E-state index is 5.83. The molecule has 1 aliphatic rings. The van der Waals surface area contributed by atoms with Crippen molar-refractivity contribution in [1.29, 1.82) is 0 Å². The lowest BCUT2D eigenvalue weighted by molar-refractivity contribution is 0.0376. The molecule has 2 heterocycles. The van der Waals surface area contributed by atoms with Gasteiger partial charge in [0, 0.05) is 30.7 Å². The number of nitrogens with one attached hydrogen (secondary N) is 1. The van der Waals surface area contributed by atoms with Gasteiger partial charge in [-0.3, -0.25) is 4.90 Å². The number of aromatic nitrogens is 1. The maximum absolute atomic E-state index is 5.83. The number of aliphatic imine (C=N–C) groups is 1. The fourth-order valence-corrected chi connectivity index (χ4v) is 2.74. The maximum Gasteiger partial charge on any atom is 0.189 e. The molecule has 0 atom stereocenters. The Morgan fingerprint density at radius 2 is 2.29 bits per heavy atom. The quantitative estimate of drug-likeness (QED) is 0.310. The molecule has 2 rings (SSSR count). The molecule has 8 heteroatoms. The Balaban J connectivity index is 0.00000220. The van der Waals surface area contributed by atoms with E-state index in [2.05, 4.69) is 20.2 Å². The number of hydrogen-bond acceptors (Lipinski definition) is 5. The van der Waals surface area contributed by atoms with Gasteiger partial charge in [0.15, 0.2) is 5.96 Å². The van der Waals surface area contributed by atoms with E-state index in [0.717, 1.165) is 50.8 Å². The van der Waals surface area contributed by atoms with Crippen molar-refractivity contribution >= 4 is 41.3 Å². The number of aryl methyl sites for hydroxylation is 1. The Morgan fingerprint density at radius 3 is 2.95 bits per heavy atom. The molecule has 1 aromatic rings. The fraction of sp³-hybridized carbons (Fsp3) is 0.692. The summed E-state index contributed by atoms with van der Waals surface area (Å²) in [5, 5.41) is 4.15. The topological polar surface area (TPSA) is 75.8 Å². The highest BCUT2D eigenvalue weighted by Crippen LogP contribution is 2.11. The molecule has 0 spiro atoms. The number of morpholine rings is 1. The first-order valence-electron chi connectivity index (χ1n) is 6.99. The van der Waals surface area contributed by atoms with Gasteiger partial charge in [0.25, 0.3) is 0 Å². The Bertz CT molecular complexity index is 434. The molecule has 0 aliphatic carbocycles. The molecular formula is C13H24IN5OS. The Kier molecular flexibility index (Phi) is 9.13. The van der Waals surface area contributed by atoms with E-state index in [1.165, 1.54) is 4.88 Å². The van der Waals surface area contributed by atoms with E-state index in [4.69, 9.17) is 10.5 Å². The summed E-state index contributed by atoms with van der Waals surface area (Å²) in [7, 11) is 0. The van der Waals surface area contributed by atoms with E-state index in [1.807, 2.05) is 13.1 Å². The first kappa shape index (κ1) is 18.6. The molecule has 0 bridgehead atoms. The van der Waals surface area contributed by atoms with Gasteiger partial charge in [-0.25, -0.2) is 9.98 Å². The predicted molar refractivity (Wildman–Crippen MR) is 97.5 cm³/mol. The normalized spacial score (nSPS) is 16.5. The van der Waals surface area contributed by atoms with Crippen LogP contribution in [0.15, 0.2) is 11.2 Å². The van der Waals surface area contributed by atoms with Crippen molar-refractivity contribution in [3.05, 3.63) is 16.1 Å². The highest BCUT2D eigenvalue weighted by molar-refractivity contribution is 14.0. The predicted octanol–water partition coefficient (Wildman–Crippen LogP) is 1.20. The molecule has 1 saturated heterocycles. The zero-order valence-corrected chi connectivity index (χ0v) is 15.5. The molecule has 0 amide bonds. The number of nitrogens with zero attached hydrogens (tertiary/aromatic N) is 3. The summed E-state index contributed by atoms with van der Waals surface area (Å²) in [6.45, 7) is 8.30. The van der Waals surface area contributed by atoms with Crippen LogP contribution >= 0.6 is 35.3 Å². The van der Waals surface area contributed by atoms with Crippen molar-refractivity contribution < 1.29 is 4.74 Å². The van der Waals surface area contributed by atoms with Crippen LogP contribution < -0.4 is 11.1 Å². The van der Waals surface area contributed by atoms with Gasteiger partial charge in [-0.2, -0.15) is 0 Å². The van der Waals surface area contributed by atoms with Crippen molar-refractivity contribution in [2.75, 3.05) is 39.4 Å². The lowest BCUT2D eigenvalue weighted by Crippen LogP contribution is -2.39. The average Bonchev–Trinajstić information content (AvgIpc) is 2.88. The minimum atomic E-state index is 0. The molecule has 0 radical (unpaired) electrons. The number of thiazole rings is 1. The summed E-state index contributed by atoms with van der Waals surface area (Å²) in [6, 6.07) is 0. The largest absolute Gasteiger partial charge is 0.379 e. The van der Waals surface area contributed by atoms with Gasteiger partial charge in [-0.15, -0.1) is 35.3 Å². The number of rotatable bonds is 6. The van der Waals surface area contributed by atoms with Crippen LogP contribution in [0.3, 0.4) is 0 Å². The van der Waals surface area contributed by atoms with Gasteiger partial charge in [-0.05, 0) is 19.9 Å². The van der Waals surface area contributed by atoms with E-state index in [0.29, 0.717) is 12.5 Å². The molecule has 3 N–H and O–H groups in total. The second kappa shape index (κ2) is 10.3. The van der Waals surface area contributed by atoms with Crippen LogP contribution in [-0.2, 0) is 11.3 Å². The molecule has 0 unspecified atom stereocenters. The zero-order valence-electron chi connectivity index (χ0n) is 12.4. The lowest BCUT2D eigenvalue weighted by atomic mass is 10.3. The number of halogens is 1. The van der Waals surface area contributed by atoms with Gasteiger partial charge < -0.3 is 15.8 Å². The van der Waals surface area contributed by atoms with Crippen molar-refractivity contribution in [2.45, 2.75) is 19.9 Å². The molecule has 6 nitrogen and oxygen atoms in total. The summed E-state index contributed by atoms with van der Waals surface area (Å²) in [6.07, 6.45) is 2.92. The van der Waals surface area contributed by atoms with Crippen LogP contribution in [0.5, 0.6) is 0 Å². The van der Waals surface area contributed by atoms with E-state index in [-0.39, 0.29) is 24.0 Å². The second-order valence-corrected chi connectivity index (χ2v) is 6.12. The van der Waals surface area contributed by atoms with E-state index in [1.54, 1.807) is 11.3 Å². The van der Waals surface area contributed by atoms with Crippen LogP contribution in [0.2, 0.25) is 0 Å². The van der Waals surface area contributed by atoms with Crippen LogP contribution in [0, 0.1) is 6.92 Å². The zero-order chi connectivity index (χ0) is 14.2. The van der Waals surface area contributed by atoms with E-state index < -0.39 is 0 Å². The van der Waals surface area contributed by atoms with E-state index in [9.17, 15) is 0 Å². The minimum absolute atomic E-state index is 0. The molecule has 1 fully saturated rings. The standard InChI is InChI=1S/C13H23N5OS.HI/c1-11-9-16-12(20-11)10-17-13(14)15-3-2-4-18-5-7-19-8-6-18;/h9H,2-8,10H2,1H3,(H3,14,15,17);1H. The summed E-state index contributed by atoms with van der Waals surface area (Å²) in [4.78, 5) is 12.2.